The van der Waals surface area contributed by atoms with E-state index in [1.807, 2.05) is 35.7 Å². The number of hydrogen-bond acceptors (Lipinski definition) is 5. The minimum atomic E-state index is -0.219. The molecule has 5 nitrogen and oxygen atoms in total. The van der Waals surface area contributed by atoms with E-state index in [0.717, 1.165) is 22.7 Å². The van der Waals surface area contributed by atoms with Crippen molar-refractivity contribution in [2.45, 2.75) is 18.9 Å². The van der Waals surface area contributed by atoms with Crippen molar-refractivity contribution in [3.8, 4) is 10.6 Å². The van der Waals surface area contributed by atoms with E-state index in [1.165, 1.54) is 0 Å². The summed E-state index contributed by atoms with van der Waals surface area (Å²) < 4.78 is 5.09. The van der Waals surface area contributed by atoms with Crippen LogP contribution in [-0.2, 0) is 16.0 Å². The molecule has 1 aromatic heterocycles. The highest BCUT2D eigenvalue weighted by molar-refractivity contribution is 7.13. The van der Waals surface area contributed by atoms with Gasteiger partial charge in [0.2, 0.25) is 5.91 Å². The predicted octanol–water partition coefficient (Wildman–Crippen LogP) is 2.25. The third-order valence-corrected chi connectivity index (χ3v) is 4.23. The molecule has 0 saturated carbocycles. The maximum absolute atomic E-state index is 11.7. The molecule has 1 amide bonds. The van der Waals surface area contributed by atoms with E-state index in [2.05, 4.69) is 10.3 Å². The maximum atomic E-state index is 11.7. The van der Waals surface area contributed by atoms with Gasteiger partial charge < -0.3 is 15.8 Å². The van der Waals surface area contributed by atoms with Crippen LogP contribution < -0.4 is 11.1 Å². The Morgan fingerprint density at radius 1 is 1.39 bits per heavy atom. The molecule has 0 saturated heterocycles. The Bertz CT molecular complexity index is 588. The quantitative estimate of drug-likeness (QED) is 0.761. The van der Waals surface area contributed by atoms with E-state index in [0.29, 0.717) is 19.5 Å². The van der Waals surface area contributed by atoms with Crippen molar-refractivity contribution in [1.29, 1.82) is 0 Å². The first-order valence-corrected chi connectivity index (χ1v) is 8.10. The van der Waals surface area contributed by atoms with Crippen LogP contribution in [0, 0.1) is 0 Å². The molecule has 3 N–H and O–H groups in total. The molecule has 1 aromatic carbocycles. The summed E-state index contributed by atoms with van der Waals surface area (Å²) in [6.45, 7) is 0.911. The van der Waals surface area contributed by atoms with Gasteiger partial charge in [-0.2, -0.15) is 0 Å². The number of nitrogens with one attached hydrogen (secondary N) is 1. The molecular weight excluding hydrogens is 334 g/mol. The van der Waals surface area contributed by atoms with E-state index >= 15 is 0 Å². The van der Waals surface area contributed by atoms with Crippen LogP contribution in [-0.4, -0.2) is 37.2 Å². The van der Waals surface area contributed by atoms with Crippen LogP contribution in [0.25, 0.3) is 10.6 Å². The number of carbonyl (C=O) groups excluding carboxylic acids is 1. The summed E-state index contributed by atoms with van der Waals surface area (Å²) in [5.74, 6) is -0.0455. The summed E-state index contributed by atoms with van der Waals surface area (Å²) in [6.07, 6.45) is 0.790. The lowest BCUT2D eigenvalue weighted by Crippen LogP contribution is -2.33. The number of thiazole rings is 1. The highest BCUT2D eigenvalue weighted by atomic mass is 35.5. The molecular formula is C16H22ClN3O2S. The largest absolute Gasteiger partial charge is 0.380 e. The van der Waals surface area contributed by atoms with E-state index < -0.39 is 0 Å². The lowest BCUT2D eigenvalue weighted by molar-refractivity contribution is -0.123. The van der Waals surface area contributed by atoms with Gasteiger partial charge in [-0.25, -0.2) is 4.98 Å². The molecule has 0 radical (unpaired) electrons. The highest BCUT2D eigenvalue weighted by Crippen LogP contribution is 2.23. The van der Waals surface area contributed by atoms with E-state index in [-0.39, 0.29) is 24.4 Å². The first-order chi connectivity index (χ1) is 10.7. The number of aromatic nitrogens is 1. The third-order valence-electron chi connectivity index (χ3n) is 3.29. The molecule has 23 heavy (non-hydrogen) atoms. The van der Waals surface area contributed by atoms with E-state index in [1.54, 1.807) is 18.4 Å². The summed E-state index contributed by atoms with van der Waals surface area (Å²) in [7, 11) is 1.56. The molecule has 0 bridgehead atoms. The average Bonchev–Trinajstić information content (AvgIpc) is 3.02. The Labute approximate surface area is 146 Å². The Balaban J connectivity index is 0.00000264. The molecule has 1 unspecified atom stereocenters. The fourth-order valence-electron chi connectivity index (χ4n) is 2.01. The molecule has 0 aliphatic heterocycles. The van der Waals surface area contributed by atoms with Gasteiger partial charge in [-0.3, -0.25) is 4.79 Å². The van der Waals surface area contributed by atoms with Crippen molar-refractivity contribution in [3.05, 3.63) is 41.4 Å². The van der Waals surface area contributed by atoms with Crippen LogP contribution in [0.2, 0.25) is 0 Å². The van der Waals surface area contributed by atoms with Gasteiger partial charge in [0, 0.05) is 37.6 Å². The van der Waals surface area contributed by atoms with E-state index in [4.69, 9.17) is 10.5 Å². The van der Waals surface area contributed by atoms with Crippen LogP contribution in [0.4, 0.5) is 0 Å². The molecule has 0 fully saturated rings. The smallest absolute Gasteiger partial charge is 0.222 e. The van der Waals surface area contributed by atoms with Crippen LogP contribution in [0.3, 0.4) is 0 Å². The molecule has 2 aromatic rings. The number of halogens is 1. The zero-order chi connectivity index (χ0) is 15.8. The summed E-state index contributed by atoms with van der Waals surface area (Å²) in [5.41, 5.74) is 7.61. The van der Waals surface area contributed by atoms with Gasteiger partial charge in [-0.1, -0.05) is 30.3 Å². The minimum absolute atomic E-state index is 0. The third kappa shape index (κ3) is 6.27. The number of methoxy groups -OCH3 is 1. The lowest BCUT2D eigenvalue weighted by Gasteiger charge is -2.12. The van der Waals surface area contributed by atoms with Crippen LogP contribution in [0.1, 0.15) is 12.1 Å². The summed E-state index contributed by atoms with van der Waals surface area (Å²) in [5, 5.41) is 5.91. The molecule has 126 valence electrons. The lowest BCUT2D eigenvalue weighted by atomic mass is 10.2. The van der Waals surface area contributed by atoms with Crippen molar-refractivity contribution in [1.82, 2.24) is 10.3 Å². The monoisotopic (exact) mass is 355 g/mol. The van der Waals surface area contributed by atoms with Crippen molar-refractivity contribution in [3.63, 3.8) is 0 Å². The Morgan fingerprint density at radius 3 is 2.78 bits per heavy atom. The highest BCUT2D eigenvalue weighted by Gasteiger charge is 2.11. The number of hydrogen-bond donors (Lipinski definition) is 2. The van der Waals surface area contributed by atoms with Crippen molar-refractivity contribution in [2.24, 2.45) is 5.73 Å². The maximum Gasteiger partial charge on any atom is 0.222 e. The number of rotatable bonds is 8. The fraction of sp³-hybridized carbons (Fsp3) is 0.375. The topological polar surface area (TPSA) is 77.2 Å². The Hall–Kier alpha value is -1.47. The van der Waals surface area contributed by atoms with Gasteiger partial charge in [-0.15, -0.1) is 23.7 Å². The SMILES string of the molecule is COC(CN)CC(=O)NCCc1csc(-c2ccccc2)n1.Cl. The second-order valence-corrected chi connectivity index (χ2v) is 5.77. The number of ether oxygens (including phenoxy) is 1. The number of nitrogens with zero attached hydrogens (tertiary/aromatic N) is 1. The van der Waals surface area contributed by atoms with E-state index in [9.17, 15) is 4.79 Å². The normalized spacial score (nSPS) is 11.6. The Kier molecular flexibility index (Phi) is 8.79. The standard InChI is InChI=1S/C16H21N3O2S.ClH/c1-21-14(10-17)9-15(20)18-8-7-13-11-22-16(19-13)12-5-3-2-4-6-12;/h2-6,11,14H,7-10,17H2,1H3,(H,18,20);1H. The molecule has 0 aliphatic rings. The first-order valence-electron chi connectivity index (χ1n) is 7.22. The number of nitrogens with two attached hydrogens (primary N) is 1. The first kappa shape index (κ1) is 19.6. The average molecular weight is 356 g/mol. The summed E-state index contributed by atoms with van der Waals surface area (Å²) in [4.78, 5) is 16.3. The van der Waals surface area contributed by atoms with Crippen molar-refractivity contribution >= 4 is 29.7 Å². The minimum Gasteiger partial charge on any atom is -0.380 e. The summed E-state index contributed by atoms with van der Waals surface area (Å²) >= 11 is 1.62. The second kappa shape index (κ2) is 10.3. The molecule has 7 heteroatoms. The second-order valence-electron chi connectivity index (χ2n) is 4.91. The fourth-order valence-corrected chi connectivity index (χ4v) is 2.87. The van der Waals surface area contributed by atoms with Gasteiger partial charge in [0.15, 0.2) is 0 Å². The molecule has 2 rings (SSSR count). The number of amides is 1. The van der Waals surface area contributed by atoms with Crippen LogP contribution in [0.5, 0.6) is 0 Å². The molecule has 0 aliphatic carbocycles. The molecule has 1 heterocycles. The number of carbonyl (C=O) groups is 1. The zero-order valence-electron chi connectivity index (χ0n) is 13.0. The molecule has 1 atom stereocenters. The van der Waals surface area contributed by atoms with Gasteiger partial charge in [0.05, 0.1) is 18.2 Å². The zero-order valence-corrected chi connectivity index (χ0v) is 14.7. The van der Waals surface area contributed by atoms with Gasteiger partial charge >= 0.3 is 0 Å². The van der Waals surface area contributed by atoms with Crippen molar-refractivity contribution < 1.29 is 9.53 Å². The van der Waals surface area contributed by atoms with Gasteiger partial charge in [0.1, 0.15) is 5.01 Å². The molecule has 0 spiro atoms. The van der Waals surface area contributed by atoms with Gasteiger partial charge in [0.25, 0.3) is 0 Å². The predicted molar refractivity (Wildman–Crippen MR) is 96.0 cm³/mol. The Morgan fingerprint density at radius 2 is 2.13 bits per heavy atom. The summed E-state index contributed by atoms with van der Waals surface area (Å²) in [6, 6.07) is 10.1. The van der Waals surface area contributed by atoms with Crippen LogP contribution in [0.15, 0.2) is 35.7 Å². The van der Waals surface area contributed by atoms with Crippen LogP contribution >= 0.6 is 23.7 Å². The number of benzene rings is 1. The van der Waals surface area contributed by atoms with Gasteiger partial charge in [-0.05, 0) is 0 Å². The van der Waals surface area contributed by atoms with Crippen molar-refractivity contribution in [2.75, 3.05) is 20.2 Å².